The van der Waals surface area contributed by atoms with E-state index in [1.807, 2.05) is 6.92 Å². The van der Waals surface area contributed by atoms with Gasteiger partial charge in [0.1, 0.15) is 11.1 Å². The number of esters is 1. The Balaban J connectivity index is 1.98. The number of nitrogens with two attached hydrogens (primary N) is 1. The fraction of sp³-hybridized carbons (Fsp3) is 0.600. The molecule has 0 bridgehead atoms. The van der Waals surface area contributed by atoms with Crippen molar-refractivity contribution in [1.82, 2.24) is 4.98 Å². The van der Waals surface area contributed by atoms with E-state index in [1.54, 1.807) is 5.38 Å². The van der Waals surface area contributed by atoms with Gasteiger partial charge in [-0.25, -0.2) is 9.78 Å². The zero-order valence-corrected chi connectivity index (χ0v) is 9.42. The lowest BCUT2D eigenvalue weighted by molar-refractivity contribution is 0.00843. The van der Waals surface area contributed by atoms with E-state index in [0.29, 0.717) is 5.69 Å². The van der Waals surface area contributed by atoms with Crippen LogP contribution in [0.25, 0.3) is 0 Å². The Kier molecular flexibility index (Phi) is 3.02. The third kappa shape index (κ3) is 2.35. The molecule has 82 valence electrons. The number of ether oxygens (including phenoxy) is 1. The van der Waals surface area contributed by atoms with Crippen molar-refractivity contribution < 1.29 is 9.53 Å². The maximum Gasteiger partial charge on any atom is 0.358 e. The number of carbonyl (C=O) groups excluding carboxylic acids is 1. The van der Waals surface area contributed by atoms with Crippen LogP contribution in [0.2, 0.25) is 0 Å². The van der Waals surface area contributed by atoms with Gasteiger partial charge in [-0.05, 0) is 26.2 Å². The Hall–Kier alpha value is -0.940. The lowest BCUT2D eigenvalue weighted by Gasteiger charge is -2.24. The van der Waals surface area contributed by atoms with E-state index in [0.717, 1.165) is 24.3 Å². The molecule has 0 aliphatic heterocycles. The van der Waals surface area contributed by atoms with Crippen LogP contribution >= 0.6 is 11.3 Å². The van der Waals surface area contributed by atoms with E-state index in [4.69, 9.17) is 10.5 Å². The molecule has 1 aliphatic rings. The van der Waals surface area contributed by atoms with Crippen LogP contribution in [0.15, 0.2) is 5.38 Å². The molecule has 1 saturated carbocycles. The molecule has 1 heterocycles. The van der Waals surface area contributed by atoms with E-state index in [2.05, 4.69) is 4.98 Å². The fourth-order valence-corrected chi connectivity index (χ4v) is 2.04. The van der Waals surface area contributed by atoms with Crippen molar-refractivity contribution in [3.8, 4) is 0 Å². The first-order valence-corrected chi connectivity index (χ1v) is 5.97. The first-order valence-electron chi connectivity index (χ1n) is 5.09. The van der Waals surface area contributed by atoms with Crippen molar-refractivity contribution in [2.75, 3.05) is 0 Å². The molecule has 0 radical (unpaired) electrons. The maximum atomic E-state index is 11.6. The predicted molar refractivity (Wildman–Crippen MR) is 57.8 cm³/mol. The van der Waals surface area contributed by atoms with Crippen LogP contribution in [0, 0.1) is 0 Å². The molecule has 4 nitrogen and oxygen atoms in total. The Morgan fingerprint density at radius 1 is 1.73 bits per heavy atom. The van der Waals surface area contributed by atoms with Crippen LogP contribution in [0.1, 0.15) is 47.7 Å². The number of rotatable bonds is 3. The van der Waals surface area contributed by atoms with Crippen molar-refractivity contribution in [2.45, 2.75) is 38.3 Å². The monoisotopic (exact) mass is 226 g/mol. The molecule has 5 heteroatoms. The van der Waals surface area contributed by atoms with Gasteiger partial charge in [0, 0.05) is 5.38 Å². The largest absolute Gasteiger partial charge is 0.458 e. The second-order valence-electron chi connectivity index (χ2n) is 3.82. The summed E-state index contributed by atoms with van der Waals surface area (Å²) in [6.45, 7) is 1.85. The summed E-state index contributed by atoms with van der Waals surface area (Å²) in [6.07, 6.45) is 3.23. The molecular weight excluding hydrogens is 212 g/mol. The predicted octanol–water partition coefficient (Wildman–Crippen LogP) is 1.87. The van der Waals surface area contributed by atoms with Crippen LogP contribution in [-0.4, -0.2) is 17.1 Å². The minimum atomic E-state index is -0.317. The summed E-state index contributed by atoms with van der Waals surface area (Å²) in [6, 6.07) is -0.125. The van der Waals surface area contributed by atoms with Gasteiger partial charge in [0.25, 0.3) is 0 Å². The molecule has 0 amide bonds. The van der Waals surface area contributed by atoms with Gasteiger partial charge in [-0.1, -0.05) is 0 Å². The molecule has 1 aromatic heterocycles. The average molecular weight is 226 g/mol. The van der Waals surface area contributed by atoms with Gasteiger partial charge in [-0.15, -0.1) is 11.3 Å². The zero-order chi connectivity index (χ0) is 10.8. The van der Waals surface area contributed by atoms with Gasteiger partial charge in [0.2, 0.25) is 0 Å². The Labute approximate surface area is 92.5 Å². The third-order valence-electron chi connectivity index (χ3n) is 2.45. The van der Waals surface area contributed by atoms with E-state index in [9.17, 15) is 4.79 Å². The van der Waals surface area contributed by atoms with Gasteiger partial charge in [-0.2, -0.15) is 0 Å². The smallest absolute Gasteiger partial charge is 0.358 e. The minimum Gasteiger partial charge on any atom is -0.458 e. The van der Waals surface area contributed by atoms with Gasteiger partial charge in [-0.3, -0.25) is 0 Å². The van der Waals surface area contributed by atoms with E-state index < -0.39 is 0 Å². The van der Waals surface area contributed by atoms with E-state index in [1.165, 1.54) is 11.3 Å². The summed E-state index contributed by atoms with van der Waals surface area (Å²) in [5.41, 5.74) is 6.05. The Morgan fingerprint density at radius 3 is 2.93 bits per heavy atom. The second-order valence-corrected chi connectivity index (χ2v) is 4.71. The first kappa shape index (κ1) is 10.6. The van der Waals surface area contributed by atoms with Crippen molar-refractivity contribution in [3.05, 3.63) is 16.1 Å². The normalized spacial score (nSPS) is 18.3. The first-order chi connectivity index (χ1) is 7.16. The summed E-state index contributed by atoms with van der Waals surface area (Å²) < 4.78 is 5.23. The van der Waals surface area contributed by atoms with E-state index >= 15 is 0 Å². The lowest BCUT2D eigenvalue weighted by atomic mass is 9.96. The molecule has 0 aromatic carbocycles. The number of thiazole rings is 1. The molecule has 2 N–H and O–H groups in total. The maximum absolute atomic E-state index is 11.6. The van der Waals surface area contributed by atoms with Gasteiger partial charge in [0.15, 0.2) is 5.69 Å². The third-order valence-corrected chi connectivity index (χ3v) is 3.49. The number of nitrogens with zero attached hydrogens (tertiary/aromatic N) is 1. The molecule has 1 fully saturated rings. The molecule has 0 spiro atoms. The summed E-state index contributed by atoms with van der Waals surface area (Å²) >= 11 is 1.40. The lowest BCUT2D eigenvalue weighted by Crippen LogP contribution is -2.25. The topological polar surface area (TPSA) is 65.2 Å². The summed E-state index contributed by atoms with van der Waals surface area (Å²) in [5, 5.41) is 2.48. The minimum absolute atomic E-state index is 0.109. The second kappa shape index (κ2) is 4.28. The fourth-order valence-electron chi connectivity index (χ4n) is 1.29. The van der Waals surface area contributed by atoms with Crippen LogP contribution < -0.4 is 5.73 Å². The summed E-state index contributed by atoms with van der Waals surface area (Å²) in [7, 11) is 0. The van der Waals surface area contributed by atoms with Crippen molar-refractivity contribution in [3.63, 3.8) is 0 Å². The highest BCUT2D eigenvalue weighted by atomic mass is 32.1. The van der Waals surface area contributed by atoms with Gasteiger partial charge < -0.3 is 10.5 Å². The molecule has 1 unspecified atom stereocenters. The van der Waals surface area contributed by atoms with Crippen LogP contribution in [0.5, 0.6) is 0 Å². The SMILES string of the molecule is CC(N)c1nc(C(=O)OC2CCC2)cs1. The van der Waals surface area contributed by atoms with Crippen molar-refractivity contribution >= 4 is 17.3 Å². The molecule has 15 heavy (non-hydrogen) atoms. The number of aromatic nitrogens is 1. The van der Waals surface area contributed by atoms with Crippen LogP contribution in [0.3, 0.4) is 0 Å². The molecule has 1 aliphatic carbocycles. The molecule has 1 aromatic rings. The Morgan fingerprint density at radius 2 is 2.47 bits per heavy atom. The van der Waals surface area contributed by atoms with Gasteiger partial charge in [0.05, 0.1) is 6.04 Å². The highest BCUT2D eigenvalue weighted by Gasteiger charge is 2.23. The quantitative estimate of drug-likeness (QED) is 0.799. The molecule has 2 rings (SSSR count). The number of hydrogen-bond acceptors (Lipinski definition) is 5. The van der Waals surface area contributed by atoms with Crippen LogP contribution in [-0.2, 0) is 4.74 Å². The zero-order valence-electron chi connectivity index (χ0n) is 8.60. The molecule has 1 atom stereocenters. The number of hydrogen-bond donors (Lipinski definition) is 1. The standard InChI is InChI=1S/C10H14N2O2S/c1-6(11)9-12-8(5-15-9)10(13)14-7-3-2-4-7/h5-7H,2-4,11H2,1H3. The molecular formula is C10H14N2O2S. The van der Waals surface area contributed by atoms with Gasteiger partial charge >= 0.3 is 5.97 Å². The van der Waals surface area contributed by atoms with Crippen molar-refractivity contribution in [1.29, 1.82) is 0 Å². The van der Waals surface area contributed by atoms with Crippen molar-refractivity contribution in [2.24, 2.45) is 5.73 Å². The highest BCUT2D eigenvalue weighted by molar-refractivity contribution is 7.09. The number of carbonyl (C=O) groups is 1. The van der Waals surface area contributed by atoms with Crippen LogP contribution in [0.4, 0.5) is 0 Å². The highest BCUT2D eigenvalue weighted by Crippen LogP contribution is 2.24. The molecule has 0 saturated heterocycles. The summed E-state index contributed by atoms with van der Waals surface area (Å²) in [5.74, 6) is -0.317. The van der Waals surface area contributed by atoms with E-state index in [-0.39, 0.29) is 18.1 Å². The summed E-state index contributed by atoms with van der Waals surface area (Å²) in [4.78, 5) is 15.7. The average Bonchev–Trinajstić information content (AvgIpc) is 2.59. The Bertz CT molecular complexity index is 358.